The minimum absolute atomic E-state index is 0.137. The van der Waals surface area contributed by atoms with Crippen LogP contribution in [0.1, 0.15) is 60.6 Å². The number of rotatable bonds is 5. The third-order valence-corrected chi connectivity index (χ3v) is 8.12. The summed E-state index contributed by atoms with van der Waals surface area (Å²) in [6, 6.07) is 16.7. The van der Waals surface area contributed by atoms with Gasteiger partial charge in [0.2, 0.25) is 0 Å². The zero-order valence-corrected chi connectivity index (χ0v) is 19.8. The Kier molecular flexibility index (Phi) is 5.41. The van der Waals surface area contributed by atoms with Crippen LogP contribution < -0.4 is 20.7 Å². The van der Waals surface area contributed by atoms with Gasteiger partial charge in [-0.05, 0) is 60.9 Å². The molecule has 0 saturated carbocycles. The van der Waals surface area contributed by atoms with E-state index in [4.69, 9.17) is 15.5 Å². The molecule has 0 amide bonds. The van der Waals surface area contributed by atoms with E-state index in [0.29, 0.717) is 12.5 Å². The summed E-state index contributed by atoms with van der Waals surface area (Å²) in [5.74, 6) is 2.61. The summed E-state index contributed by atoms with van der Waals surface area (Å²) in [7, 11) is 0. The lowest BCUT2D eigenvalue weighted by Gasteiger charge is -2.40. The molecule has 1 aliphatic carbocycles. The number of nitrogens with zero attached hydrogens (tertiary/aromatic N) is 3. The standard InChI is InChI=1S/C28H33N5O/c1-19-7-9-24-26(19)27(32-18-31-24)33-13-11-28(12-14-33)17-30-23-10-8-21(15-22(23)28)34-25(16-29)20-5-3-2-4-6-20/h2-6,8,10,15,18-19,25,30H,7,9,11-14,16-17,29H2,1H3/t19-,25?/m1/s1. The van der Waals surface area contributed by atoms with Crippen molar-refractivity contribution in [3.63, 3.8) is 0 Å². The first-order valence-corrected chi connectivity index (χ1v) is 12.6. The fraction of sp³-hybridized carbons (Fsp3) is 0.429. The first-order chi connectivity index (χ1) is 16.7. The normalized spacial score (nSPS) is 21.1. The molecule has 6 heteroatoms. The molecule has 176 valence electrons. The number of nitrogens with one attached hydrogen (secondary N) is 1. The Balaban J connectivity index is 1.22. The van der Waals surface area contributed by atoms with Gasteiger partial charge in [0.05, 0.1) is 0 Å². The largest absolute Gasteiger partial charge is 0.484 e. The Morgan fingerprint density at radius 1 is 1.15 bits per heavy atom. The molecule has 6 nitrogen and oxygen atoms in total. The van der Waals surface area contributed by atoms with Gasteiger partial charge in [-0.3, -0.25) is 0 Å². The molecule has 3 aromatic rings. The second kappa shape index (κ2) is 8.58. The van der Waals surface area contributed by atoms with Crippen LogP contribution in [-0.4, -0.2) is 36.1 Å². The molecule has 0 bridgehead atoms. The molecule has 1 unspecified atom stereocenters. The van der Waals surface area contributed by atoms with E-state index in [-0.39, 0.29) is 11.5 Å². The van der Waals surface area contributed by atoms with Crippen LogP contribution in [0.5, 0.6) is 5.75 Å². The minimum atomic E-state index is -0.145. The van der Waals surface area contributed by atoms with Gasteiger partial charge in [-0.2, -0.15) is 0 Å². The summed E-state index contributed by atoms with van der Waals surface area (Å²) >= 11 is 0. The van der Waals surface area contributed by atoms with Gasteiger partial charge in [-0.25, -0.2) is 9.97 Å². The van der Waals surface area contributed by atoms with Gasteiger partial charge in [0, 0.05) is 48.5 Å². The van der Waals surface area contributed by atoms with Gasteiger partial charge in [0.25, 0.3) is 0 Å². The smallest absolute Gasteiger partial charge is 0.136 e. The number of fused-ring (bicyclic) bond motifs is 3. The van der Waals surface area contributed by atoms with E-state index >= 15 is 0 Å². The van der Waals surface area contributed by atoms with Crippen LogP contribution in [0.3, 0.4) is 0 Å². The topological polar surface area (TPSA) is 76.3 Å². The Bertz CT molecular complexity index is 1170. The molecule has 2 aromatic carbocycles. The maximum Gasteiger partial charge on any atom is 0.136 e. The third kappa shape index (κ3) is 3.61. The number of benzene rings is 2. The molecule has 2 aliphatic heterocycles. The molecule has 3 N–H and O–H groups in total. The van der Waals surface area contributed by atoms with Crippen molar-refractivity contribution in [3.05, 3.63) is 77.2 Å². The number of anilines is 2. The Morgan fingerprint density at radius 2 is 1.97 bits per heavy atom. The Labute approximate surface area is 201 Å². The summed E-state index contributed by atoms with van der Waals surface area (Å²) < 4.78 is 6.38. The minimum Gasteiger partial charge on any atom is -0.484 e. The average molecular weight is 456 g/mol. The van der Waals surface area contributed by atoms with Crippen LogP contribution in [0.15, 0.2) is 54.9 Å². The first kappa shape index (κ1) is 21.4. The molecule has 1 aromatic heterocycles. The predicted molar refractivity (Wildman–Crippen MR) is 136 cm³/mol. The Morgan fingerprint density at radius 3 is 2.76 bits per heavy atom. The first-order valence-electron chi connectivity index (χ1n) is 12.6. The van der Waals surface area contributed by atoms with E-state index in [1.165, 1.54) is 34.7 Å². The highest BCUT2D eigenvalue weighted by Gasteiger charge is 2.42. The Hall–Kier alpha value is -3.12. The summed E-state index contributed by atoms with van der Waals surface area (Å²) in [5, 5.41) is 3.67. The summed E-state index contributed by atoms with van der Waals surface area (Å²) in [6.07, 6.45) is 6.08. The molecule has 1 fully saturated rings. The lowest BCUT2D eigenvalue weighted by molar-refractivity contribution is 0.213. The summed E-state index contributed by atoms with van der Waals surface area (Å²) in [5.41, 5.74) is 12.6. The van der Waals surface area contributed by atoms with E-state index in [1.54, 1.807) is 6.33 Å². The third-order valence-electron chi connectivity index (χ3n) is 8.12. The number of aryl methyl sites for hydroxylation is 1. The van der Waals surface area contributed by atoms with Gasteiger partial charge in [-0.1, -0.05) is 37.3 Å². The van der Waals surface area contributed by atoms with Crippen LogP contribution in [0, 0.1) is 0 Å². The van der Waals surface area contributed by atoms with Crippen LogP contribution >= 0.6 is 0 Å². The molecule has 6 rings (SSSR count). The zero-order chi connectivity index (χ0) is 23.1. The predicted octanol–water partition coefficient (Wildman–Crippen LogP) is 4.57. The second-order valence-electron chi connectivity index (χ2n) is 10.1. The van der Waals surface area contributed by atoms with Crippen LogP contribution in [0.25, 0.3) is 0 Å². The SMILES string of the molecule is C[C@@H]1CCc2ncnc(N3CCC4(CC3)CNc3ccc(OC(CN)c5ccccc5)cc34)c21. The van der Waals surface area contributed by atoms with Crippen molar-refractivity contribution in [1.29, 1.82) is 0 Å². The maximum absolute atomic E-state index is 6.38. The van der Waals surface area contributed by atoms with Gasteiger partial charge < -0.3 is 20.7 Å². The molecular formula is C28H33N5O. The molecule has 3 heterocycles. The fourth-order valence-electron chi connectivity index (χ4n) is 6.10. The van der Waals surface area contributed by atoms with Crippen LogP contribution in [0.2, 0.25) is 0 Å². The van der Waals surface area contributed by atoms with Crippen molar-refractivity contribution in [3.8, 4) is 5.75 Å². The molecule has 34 heavy (non-hydrogen) atoms. The van der Waals surface area contributed by atoms with E-state index in [2.05, 4.69) is 52.5 Å². The molecular weight excluding hydrogens is 422 g/mol. The monoisotopic (exact) mass is 455 g/mol. The van der Waals surface area contributed by atoms with Crippen LogP contribution in [0.4, 0.5) is 11.5 Å². The average Bonchev–Trinajstić information content (AvgIpc) is 3.44. The number of piperidine rings is 1. The molecule has 2 atom stereocenters. The highest BCUT2D eigenvalue weighted by molar-refractivity contribution is 5.63. The maximum atomic E-state index is 6.38. The van der Waals surface area contributed by atoms with Crippen molar-refractivity contribution in [2.75, 3.05) is 36.4 Å². The zero-order valence-electron chi connectivity index (χ0n) is 19.8. The van der Waals surface area contributed by atoms with E-state index in [9.17, 15) is 0 Å². The lowest BCUT2D eigenvalue weighted by atomic mass is 9.74. The van der Waals surface area contributed by atoms with Crippen molar-refractivity contribution >= 4 is 11.5 Å². The molecule has 3 aliphatic rings. The van der Waals surface area contributed by atoms with Crippen molar-refractivity contribution < 1.29 is 4.74 Å². The number of nitrogens with two attached hydrogens (primary N) is 1. The highest BCUT2D eigenvalue weighted by atomic mass is 16.5. The highest BCUT2D eigenvalue weighted by Crippen LogP contribution is 2.47. The quantitative estimate of drug-likeness (QED) is 0.587. The van der Waals surface area contributed by atoms with Crippen molar-refractivity contribution in [2.24, 2.45) is 5.73 Å². The summed E-state index contributed by atoms with van der Waals surface area (Å²) in [4.78, 5) is 11.8. The van der Waals surface area contributed by atoms with Gasteiger partial charge in [0.1, 0.15) is 24.0 Å². The number of hydrogen-bond acceptors (Lipinski definition) is 6. The van der Waals surface area contributed by atoms with E-state index in [0.717, 1.165) is 50.2 Å². The van der Waals surface area contributed by atoms with E-state index in [1.807, 2.05) is 18.2 Å². The number of ether oxygens (including phenoxy) is 1. The van der Waals surface area contributed by atoms with E-state index < -0.39 is 0 Å². The van der Waals surface area contributed by atoms with Crippen molar-refractivity contribution in [1.82, 2.24) is 9.97 Å². The fourth-order valence-corrected chi connectivity index (χ4v) is 6.10. The van der Waals surface area contributed by atoms with Gasteiger partial charge in [0.15, 0.2) is 0 Å². The molecule has 1 saturated heterocycles. The molecule has 0 radical (unpaired) electrons. The molecule has 1 spiro atoms. The van der Waals surface area contributed by atoms with Crippen molar-refractivity contribution in [2.45, 2.75) is 50.0 Å². The summed E-state index contributed by atoms with van der Waals surface area (Å²) in [6.45, 7) is 5.76. The lowest BCUT2D eigenvalue weighted by Crippen LogP contribution is -2.44. The number of hydrogen-bond donors (Lipinski definition) is 2. The van der Waals surface area contributed by atoms with Gasteiger partial charge in [-0.15, -0.1) is 0 Å². The van der Waals surface area contributed by atoms with Crippen LogP contribution in [-0.2, 0) is 11.8 Å². The number of aromatic nitrogens is 2. The second-order valence-corrected chi connectivity index (χ2v) is 10.1. The van der Waals surface area contributed by atoms with Gasteiger partial charge >= 0.3 is 0 Å².